The van der Waals surface area contributed by atoms with Crippen LogP contribution in [0, 0.1) is 0 Å². The number of anilines is 1. The van der Waals surface area contributed by atoms with Crippen molar-refractivity contribution in [3.8, 4) is 0 Å². The number of H-pyrrole nitrogens is 1. The smallest absolute Gasteiger partial charge is 0.226 e. The Morgan fingerprint density at radius 1 is 1.44 bits per heavy atom. The van der Waals surface area contributed by atoms with Crippen LogP contribution in [0.25, 0.3) is 11.0 Å². The van der Waals surface area contributed by atoms with Gasteiger partial charge in [0.2, 0.25) is 5.28 Å². The molecular weight excluding hydrogens is 254 g/mol. The highest BCUT2D eigenvalue weighted by Gasteiger charge is 2.13. The second-order valence-electron chi connectivity index (χ2n) is 3.85. The number of aromatic amines is 1. The van der Waals surface area contributed by atoms with E-state index >= 15 is 0 Å². The van der Waals surface area contributed by atoms with E-state index in [1.54, 1.807) is 12.5 Å². The van der Waals surface area contributed by atoms with Crippen LogP contribution in [0.2, 0.25) is 5.28 Å². The van der Waals surface area contributed by atoms with Gasteiger partial charge in [0.1, 0.15) is 11.6 Å². The Balaban J connectivity index is 1.97. The molecule has 0 aliphatic rings. The van der Waals surface area contributed by atoms with Crippen LogP contribution in [-0.4, -0.2) is 20.2 Å². The highest BCUT2D eigenvalue weighted by atomic mass is 35.5. The zero-order valence-corrected chi connectivity index (χ0v) is 10.3. The molecular formula is C11H10ClN5O. The monoisotopic (exact) mass is 263 g/mol. The first-order chi connectivity index (χ1) is 8.74. The van der Waals surface area contributed by atoms with Crippen LogP contribution in [0.15, 0.2) is 29.0 Å². The molecule has 6 nitrogen and oxygen atoms in total. The maximum Gasteiger partial charge on any atom is 0.226 e. The first-order valence-electron chi connectivity index (χ1n) is 5.40. The first kappa shape index (κ1) is 11.0. The maximum absolute atomic E-state index is 5.86. The Bertz CT molecular complexity index is 663. The molecule has 0 aromatic carbocycles. The van der Waals surface area contributed by atoms with Crippen molar-refractivity contribution in [2.45, 2.75) is 13.0 Å². The normalized spacial score (nSPS) is 12.8. The quantitative estimate of drug-likeness (QED) is 0.710. The van der Waals surface area contributed by atoms with Crippen LogP contribution in [0.1, 0.15) is 18.7 Å². The predicted molar refractivity (Wildman–Crippen MR) is 67.4 cm³/mol. The van der Waals surface area contributed by atoms with Crippen molar-refractivity contribution in [1.82, 2.24) is 20.2 Å². The fourth-order valence-corrected chi connectivity index (χ4v) is 1.90. The molecule has 0 spiro atoms. The minimum atomic E-state index is -0.0240. The van der Waals surface area contributed by atoms with E-state index in [0.29, 0.717) is 11.5 Å². The van der Waals surface area contributed by atoms with Gasteiger partial charge in [-0.05, 0) is 30.7 Å². The van der Waals surface area contributed by atoms with Gasteiger partial charge < -0.3 is 9.73 Å². The maximum atomic E-state index is 5.86. The van der Waals surface area contributed by atoms with E-state index in [2.05, 4.69) is 25.5 Å². The van der Waals surface area contributed by atoms with Gasteiger partial charge in [-0.1, -0.05) is 0 Å². The lowest BCUT2D eigenvalue weighted by Gasteiger charge is -2.12. The van der Waals surface area contributed by atoms with Crippen molar-refractivity contribution in [1.29, 1.82) is 0 Å². The average molecular weight is 264 g/mol. The second kappa shape index (κ2) is 4.30. The molecule has 2 N–H and O–H groups in total. The van der Waals surface area contributed by atoms with Crippen molar-refractivity contribution in [3.63, 3.8) is 0 Å². The Hall–Kier alpha value is -2.08. The topological polar surface area (TPSA) is 79.6 Å². The molecule has 3 heterocycles. The van der Waals surface area contributed by atoms with Crippen LogP contribution in [-0.2, 0) is 0 Å². The van der Waals surface area contributed by atoms with Crippen LogP contribution in [0.3, 0.4) is 0 Å². The lowest BCUT2D eigenvalue weighted by molar-refractivity contribution is 0.490. The number of rotatable bonds is 3. The van der Waals surface area contributed by atoms with E-state index in [1.165, 1.54) is 0 Å². The lowest BCUT2D eigenvalue weighted by Crippen LogP contribution is -2.07. The number of hydrogen-bond acceptors (Lipinski definition) is 5. The summed E-state index contributed by atoms with van der Waals surface area (Å²) >= 11 is 5.86. The molecule has 3 aromatic rings. The highest BCUT2D eigenvalue weighted by molar-refractivity contribution is 6.28. The summed E-state index contributed by atoms with van der Waals surface area (Å²) in [5, 5.41) is 10.9. The summed E-state index contributed by atoms with van der Waals surface area (Å²) < 4.78 is 5.33. The highest BCUT2D eigenvalue weighted by Crippen LogP contribution is 2.24. The summed E-state index contributed by atoms with van der Waals surface area (Å²) in [5.41, 5.74) is 0.601. The molecule has 0 saturated heterocycles. The fourth-order valence-electron chi connectivity index (χ4n) is 1.73. The molecule has 0 amide bonds. The Labute approximate surface area is 107 Å². The van der Waals surface area contributed by atoms with Gasteiger partial charge >= 0.3 is 0 Å². The van der Waals surface area contributed by atoms with Crippen molar-refractivity contribution >= 4 is 28.5 Å². The molecule has 0 aliphatic carbocycles. The second-order valence-corrected chi connectivity index (χ2v) is 4.19. The van der Waals surface area contributed by atoms with Crippen LogP contribution < -0.4 is 5.32 Å². The van der Waals surface area contributed by atoms with E-state index in [1.807, 2.05) is 19.1 Å². The molecule has 3 aromatic heterocycles. The lowest BCUT2D eigenvalue weighted by atomic mass is 10.2. The molecule has 0 aliphatic heterocycles. The molecule has 0 bridgehead atoms. The Morgan fingerprint density at radius 3 is 3.11 bits per heavy atom. The van der Waals surface area contributed by atoms with Gasteiger partial charge in [-0.25, -0.2) is 0 Å². The molecule has 18 heavy (non-hydrogen) atoms. The first-order valence-corrected chi connectivity index (χ1v) is 5.78. The van der Waals surface area contributed by atoms with Gasteiger partial charge in [0, 0.05) is 0 Å². The zero-order chi connectivity index (χ0) is 12.5. The minimum Gasteiger partial charge on any atom is -0.467 e. The van der Waals surface area contributed by atoms with Crippen LogP contribution in [0.5, 0.6) is 0 Å². The van der Waals surface area contributed by atoms with E-state index in [4.69, 9.17) is 16.0 Å². The third-order valence-corrected chi connectivity index (χ3v) is 2.77. The fraction of sp³-hybridized carbons (Fsp3) is 0.182. The predicted octanol–water partition coefficient (Wildman–Crippen LogP) is 2.77. The summed E-state index contributed by atoms with van der Waals surface area (Å²) in [7, 11) is 0. The molecule has 0 saturated carbocycles. The van der Waals surface area contributed by atoms with Crippen molar-refractivity contribution in [3.05, 3.63) is 35.6 Å². The van der Waals surface area contributed by atoms with Crippen molar-refractivity contribution < 1.29 is 4.42 Å². The van der Waals surface area contributed by atoms with Gasteiger partial charge in [-0.15, -0.1) is 0 Å². The van der Waals surface area contributed by atoms with Gasteiger partial charge in [0.15, 0.2) is 5.65 Å². The number of nitrogens with one attached hydrogen (secondary N) is 2. The van der Waals surface area contributed by atoms with E-state index in [-0.39, 0.29) is 11.3 Å². The zero-order valence-electron chi connectivity index (χ0n) is 9.51. The molecule has 1 unspecified atom stereocenters. The Morgan fingerprint density at radius 2 is 2.33 bits per heavy atom. The average Bonchev–Trinajstić information content (AvgIpc) is 2.98. The summed E-state index contributed by atoms with van der Waals surface area (Å²) in [6.45, 7) is 1.97. The summed E-state index contributed by atoms with van der Waals surface area (Å²) in [6, 6.07) is 3.71. The summed E-state index contributed by atoms with van der Waals surface area (Å²) in [4.78, 5) is 8.20. The largest absolute Gasteiger partial charge is 0.467 e. The van der Waals surface area contributed by atoms with Gasteiger partial charge in [0.25, 0.3) is 0 Å². The number of nitrogens with zero attached hydrogens (tertiary/aromatic N) is 3. The number of hydrogen-bond donors (Lipinski definition) is 2. The van der Waals surface area contributed by atoms with Crippen LogP contribution >= 0.6 is 11.6 Å². The number of fused-ring (bicyclic) bond motifs is 1. The number of aromatic nitrogens is 4. The Kier molecular flexibility index (Phi) is 2.64. The molecule has 0 radical (unpaired) electrons. The molecule has 3 rings (SSSR count). The van der Waals surface area contributed by atoms with Crippen molar-refractivity contribution in [2.24, 2.45) is 0 Å². The van der Waals surface area contributed by atoms with E-state index < -0.39 is 0 Å². The summed E-state index contributed by atoms with van der Waals surface area (Å²) in [6.07, 6.45) is 3.29. The molecule has 7 heteroatoms. The summed E-state index contributed by atoms with van der Waals surface area (Å²) in [5.74, 6) is 1.45. The molecule has 0 fully saturated rings. The molecule has 92 valence electrons. The number of furan rings is 1. The minimum absolute atomic E-state index is 0.0240. The third-order valence-electron chi connectivity index (χ3n) is 2.61. The van der Waals surface area contributed by atoms with Crippen LogP contribution in [0.4, 0.5) is 5.82 Å². The van der Waals surface area contributed by atoms with Gasteiger partial charge in [-0.3, -0.25) is 5.10 Å². The SMILES string of the molecule is CC(Nc1nc(Cl)nc2[nH]ncc12)c1ccco1. The van der Waals surface area contributed by atoms with Gasteiger partial charge in [-0.2, -0.15) is 15.1 Å². The van der Waals surface area contributed by atoms with E-state index in [0.717, 1.165) is 11.1 Å². The van der Waals surface area contributed by atoms with E-state index in [9.17, 15) is 0 Å². The third kappa shape index (κ3) is 1.91. The molecule has 1 atom stereocenters. The standard InChI is InChI=1S/C11H10ClN5O/c1-6(8-3-2-4-18-8)14-9-7-5-13-17-10(7)16-11(12)15-9/h2-6H,1H3,(H2,13,14,15,16,17). The van der Waals surface area contributed by atoms with Gasteiger partial charge in [0.05, 0.1) is 23.9 Å². The van der Waals surface area contributed by atoms with Crippen molar-refractivity contribution in [2.75, 3.05) is 5.32 Å². The number of halogens is 1.